The smallest absolute Gasteiger partial charge is 0.404 e. The molecular weight excluding hydrogens is 474 g/mol. The number of carboxylic acid groups (broad SMARTS) is 1. The van der Waals surface area contributed by atoms with Crippen molar-refractivity contribution in [3.63, 3.8) is 0 Å². The Balaban J connectivity index is 1.48. The topological polar surface area (TPSA) is 108 Å². The molecule has 1 heterocycles. The van der Waals surface area contributed by atoms with Crippen LogP contribution in [0.5, 0.6) is 0 Å². The van der Waals surface area contributed by atoms with Gasteiger partial charge in [-0.05, 0) is 54.5 Å². The van der Waals surface area contributed by atoms with E-state index in [9.17, 15) is 15.0 Å². The molecule has 0 aliphatic rings. The van der Waals surface area contributed by atoms with Gasteiger partial charge < -0.3 is 21.3 Å². The Morgan fingerprint density at radius 1 is 0.842 bits per heavy atom. The van der Waals surface area contributed by atoms with Crippen LogP contribution in [-0.2, 0) is 12.8 Å². The van der Waals surface area contributed by atoms with E-state index in [0.29, 0.717) is 6.42 Å². The first-order valence-corrected chi connectivity index (χ1v) is 12.9. The molecule has 0 saturated heterocycles. The molecule has 0 bridgehead atoms. The second-order valence-corrected chi connectivity index (χ2v) is 9.82. The van der Waals surface area contributed by atoms with Gasteiger partial charge in [0, 0.05) is 29.4 Å². The summed E-state index contributed by atoms with van der Waals surface area (Å²) in [6, 6.07) is 31.0. The molecule has 0 saturated carbocycles. The lowest BCUT2D eigenvalue weighted by atomic mass is 9.82. The number of aliphatic hydroxyl groups excluding tert-OH is 1. The van der Waals surface area contributed by atoms with Gasteiger partial charge in [-0.15, -0.1) is 0 Å². The van der Waals surface area contributed by atoms with Crippen molar-refractivity contribution in [2.45, 2.75) is 50.3 Å². The lowest BCUT2D eigenvalue weighted by molar-refractivity contribution is 0.102. The maximum Gasteiger partial charge on any atom is 0.404 e. The third-order valence-corrected chi connectivity index (χ3v) is 6.98. The standard InChI is InChI=1S/C32H35N3O3/c1-22-12-15-27(21-34-22)25-16-13-24(14-17-25)19-30(35-32(37)38)31(36)20-29(33)28(26-10-6-3-7-11-26)18-23-8-4-2-5-9-23/h2-17,21,28-31,35-36H,18-20,33H2,1H3,(H,37,38)/t28?,29-,30-,31+/m0/s1. The van der Waals surface area contributed by atoms with Crippen molar-refractivity contribution in [2.24, 2.45) is 5.73 Å². The fourth-order valence-electron chi connectivity index (χ4n) is 4.86. The molecule has 4 rings (SSSR count). The van der Waals surface area contributed by atoms with Crippen molar-refractivity contribution >= 4 is 6.09 Å². The largest absolute Gasteiger partial charge is 0.465 e. The second kappa shape index (κ2) is 13.0. The minimum Gasteiger partial charge on any atom is -0.465 e. The summed E-state index contributed by atoms with van der Waals surface area (Å²) in [6.45, 7) is 1.95. The fourth-order valence-corrected chi connectivity index (χ4v) is 4.86. The molecule has 1 amide bonds. The van der Waals surface area contributed by atoms with Gasteiger partial charge in [0.05, 0.1) is 12.1 Å². The van der Waals surface area contributed by atoms with Crippen LogP contribution in [0.25, 0.3) is 11.1 Å². The number of benzene rings is 3. The molecule has 6 nitrogen and oxygen atoms in total. The van der Waals surface area contributed by atoms with E-state index >= 15 is 0 Å². The SMILES string of the molecule is Cc1ccc(-c2ccc(C[C@H](NC(=O)O)[C@H](O)C[C@H](N)C(Cc3ccccc3)c3ccccc3)cc2)cn1. The Morgan fingerprint density at radius 2 is 1.45 bits per heavy atom. The number of pyridine rings is 1. The third-order valence-electron chi connectivity index (χ3n) is 6.98. The van der Waals surface area contributed by atoms with Crippen LogP contribution in [0.3, 0.4) is 0 Å². The van der Waals surface area contributed by atoms with Gasteiger partial charge in [0.1, 0.15) is 0 Å². The zero-order chi connectivity index (χ0) is 26.9. The highest BCUT2D eigenvalue weighted by Crippen LogP contribution is 2.27. The van der Waals surface area contributed by atoms with Crippen LogP contribution in [0.15, 0.2) is 103 Å². The molecule has 6 heteroatoms. The highest BCUT2D eigenvalue weighted by molar-refractivity contribution is 5.65. The number of aromatic nitrogens is 1. The van der Waals surface area contributed by atoms with Crippen LogP contribution in [0.2, 0.25) is 0 Å². The van der Waals surface area contributed by atoms with Gasteiger partial charge in [-0.3, -0.25) is 4.98 Å². The van der Waals surface area contributed by atoms with Crippen molar-refractivity contribution in [2.75, 3.05) is 0 Å². The Hall–Kier alpha value is -4.00. The van der Waals surface area contributed by atoms with Gasteiger partial charge >= 0.3 is 6.09 Å². The van der Waals surface area contributed by atoms with Crippen molar-refractivity contribution in [3.05, 3.63) is 126 Å². The summed E-state index contributed by atoms with van der Waals surface area (Å²) in [5.41, 5.74) is 12.9. The van der Waals surface area contributed by atoms with Crippen molar-refractivity contribution in [1.29, 1.82) is 0 Å². The Bertz CT molecular complexity index is 1280. The molecule has 196 valence electrons. The normalized spacial score (nSPS) is 14.3. The van der Waals surface area contributed by atoms with E-state index in [4.69, 9.17) is 5.73 Å². The van der Waals surface area contributed by atoms with Gasteiger partial charge in [-0.25, -0.2) is 4.79 Å². The molecule has 5 N–H and O–H groups in total. The monoisotopic (exact) mass is 509 g/mol. The highest BCUT2D eigenvalue weighted by atomic mass is 16.4. The van der Waals surface area contributed by atoms with Crippen LogP contribution >= 0.6 is 0 Å². The maximum atomic E-state index is 11.6. The van der Waals surface area contributed by atoms with E-state index in [-0.39, 0.29) is 18.4 Å². The number of aliphatic hydroxyl groups is 1. The Kier molecular flexibility index (Phi) is 9.25. The zero-order valence-corrected chi connectivity index (χ0v) is 21.6. The number of amides is 1. The predicted molar refractivity (Wildman–Crippen MR) is 151 cm³/mol. The first-order valence-electron chi connectivity index (χ1n) is 12.9. The Morgan fingerprint density at radius 3 is 2.05 bits per heavy atom. The van der Waals surface area contributed by atoms with E-state index < -0.39 is 18.2 Å². The first-order chi connectivity index (χ1) is 18.4. The molecule has 1 unspecified atom stereocenters. The lowest BCUT2D eigenvalue weighted by Crippen LogP contribution is -2.47. The molecular formula is C32H35N3O3. The predicted octanol–water partition coefficient (Wildman–Crippen LogP) is 5.34. The molecule has 0 radical (unpaired) electrons. The van der Waals surface area contributed by atoms with Gasteiger partial charge in [0.15, 0.2) is 0 Å². The Labute approximate surface area is 224 Å². The van der Waals surface area contributed by atoms with Crippen LogP contribution in [0, 0.1) is 6.92 Å². The molecule has 0 aliphatic heterocycles. The van der Waals surface area contributed by atoms with E-state index in [1.54, 1.807) is 0 Å². The summed E-state index contributed by atoms with van der Waals surface area (Å²) >= 11 is 0. The average molecular weight is 510 g/mol. The summed E-state index contributed by atoms with van der Waals surface area (Å²) in [6.07, 6.45) is 1.04. The number of hydrogen-bond acceptors (Lipinski definition) is 4. The third kappa shape index (κ3) is 7.51. The fraction of sp³-hybridized carbons (Fsp3) is 0.250. The molecule has 1 aromatic heterocycles. The van der Waals surface area contributed by atoms with Gasteiger partial charge in [-0.1, -0.05) is 91.0 Å². The average Bonchev–Trinajstić information content (AvgIpc) is 2.93. The number of hydrogen-bond donors (Lipinski definition) is 4. The highest BCUT2D eigenvalue weighted by Gasteiger charge is 2.28. The van der Waals surface area contributed by atoms with Crippen molar-refractivity contribution in [1.82, 2.24) is 10.3 Å². The molecule has 0 fully saturated rings. The van der Waals surface area contributed by atoms with Crippen LogP contribution in [0.1, 0.15) is 34.7 Å². The van der Waals surface area contributed by atoms with E-state index in [0.717, 1.165) is 39.9 Å². The van der Waals surface area contributed by atoms with Crippen LogP contribution < -0.4 is 11.1 Å². The number of nitrogens with one attached hydrogen (secondary N) is 1. The molecule has 3 aromatic carbocycles. The quantitative estimate of drug-likeness (QED) is 0.218. The zero-order valence-electron chi connectivity index (χ0n) is 21.6. The summed E-state index contributed by atoms with van der Waals surface area (Å²) in [7, 11) is 0. The van der Waals surface area contributed by atoms with Gasteiger partial charge in [0.25, 0.3) is 0 Å². The molecule has 0 spiro atoms. The van der Waals surface area contributed by atoms with Crippen molar-refractivity contribution in [3.8, 4) is 11.1 Å². The summed E-state index contributed by atoms with van der Waals surface area (Å²) in [5.74, 6) is -0.0267. The number of nitrogens with zero attached hydrogens (tertiary/aromatic N) is 1. The first kappa shape index (κ1) is 27.0. The number of carbonyl (C=O) groups is 1. The number of aryl methyl sites for hydroxylation is 1. The van der Waals surface area contributed by atoms with Gasteiger partial charge in [0.2, 0.25) is 0 Å². The molecule has 4 aromatic rings. The summed E-state index contributed by atoms with van der Waals surface area (Å²) in [5, 5.41) is 23.2. The summed E-state index contributed by atoms with van der Waals surface area (Å²) in [4.78, 5) is 15.9. The van der Waals surface area contributed by atoms with E-state index in [1.807, 2.05) is 85.9 Å². The van der Waals surface area contributed by atoms with Crippen LogP contribution in [0.4, 0.5) is 4.79 Å². The van der Waals surface area contributed by atoms with E-state index in [1.165, 1.54) is 0 Å². The number of nitrogens with two attached hydrogens (primary N) is 1. The lowest BCUT2D eigenvalue weighted by Gasteiger charge is -2.30. The van der Waals surface area contributed by atoms with Crippen molar-refractivity contribution < 1.29 is 15.0 Å². The minimum absolute atomic E-state index is 0.0267. The molecule has 38 heavy (non-hydrogen) atoms. The molecule has 0 aliphatic carbocycles. The molecule has 4 atom stereocenters. The summed E-state index contributed by atoms with van der Waals surface area (Å²) < 4.78 is 0. The second-order valence-electron chi connectivity index (χ2n) is 9.82. The minimum atomic E-state index is -1.17. The van der Waals surface area contributed by atoms with Crippen LogP contribution in [-0.4, -0.2) is 39.5 Å². The van der Waals surface area contributed by atoms with E-state index in [2.05, 4.69) is 34.6 Å². The maximum absolute atomic E-state index is 11.6. The number of rotatable bonds is 11. The van der Waals surface area contributed by atoms with Gasteiger partial charge in [-0.2, -0.15) is 0 Å².